The van der Waals surface area contributed by atoms with Crippen LogP contribution in [0.15, 0.2) is 31.7 Å². The molecule has 0 aliphatic carbocycles. The fraction of sp³-hybridized carbons (Fsp3) is 0.385. The van der Waals surface area contributed by atoms with Crippen molar-refractivity contribution < 1.29 is 20.1 Å². The highest BCUT2D eigenvalue weighted by Crippen LogP contribution is 2.31. The Morgan fingerprint density at radius 3 is 2.61 bits per heavy atom. The van der Waals surface area contributed by atoms with Gasteiger partial charge in [0.15, 0.2) is 6.23 Å². The van der Waals surface area contributed by atoms with E-state index in [4.69, 9.17) is 9.84 Å². The molecule has 3 rings (SSSR count). The molecule has 0 bridgehead atoms. The number of aromatic nitrogens is 2. The van der Waals surface area contributed by atoms with E-state index >= 15 is 0 Å². The molecule has 0 spiro atoms. The Morgan fingerprint density at radius 2 is 2.04 bits per heavy atom. The Hall–Kier alpha value is -1.30. The zero-order valence-corrected chi connectivity index (χ0v) is 14.0. The van der Waals surface area contributed by atoms with Crippen molar-refractivity contribution in [3.63, 3.8) is 0 Å². The first-order valence-corrected chi connectivity index (χ1v) is 8.27. The number of rotatable bonds is 3. The third kappa shape index (κ3) is 2.93. The minimum atomic E-state index is -1.40. The predicted molar refractivity (Wildman–Crippen MR) is 85.3 cm³/mol. The summed E-state index contributed by atoms with van der Waals surface area (Å²) in [6, 6.07) is 3.48. The maximum atomic E-state index is 12.0. The molecule has 1 unspecified atom stereocenters. The molecule has 0 radical (unpaired) electrons. The van der Waals surface area contributed by atoms with Crippen LogP contribution in [0.5, 0.6) is 0 Å². The number of aliphatic hydroxyl groups excluding tert-OH is 3. The maximum Gasteiger partial charge on any atom is 0.330 e. The Balaban J connectivity index is 2.07. The molecule has 10 heteroatoms. The second-order valence-corrected chi connectivity index (χ2v) is 7.50. The van der Waals surface area contributed by atoms with Crippen molar-refractivity contribution in [1.82, 2.24) is 9.55 Å². The largest absolute Gasteiger partial charge is 0.394 e. The number of hydrogen-bond donors (Lipinski definition) is 4. The minimum absolute atomic E-state index is 0.234. The van der Waals surface area contributed by atoms with Crippen molar-refractivity contribution in [2.45, 2.75) is 24.5 Å². The lowest BCUT2D eigenvalue weighted by Crippen LogP contribution is -2.38. The van der Waals surface area contributed by atoms with Crippen LogP contribution >= 0.6 is 27.3 Å². The molecule has 3 heterocycles. The van der Waals surface area contributed by atoms with Crippen LogP contribution in [0.25, 0.3) is 10.4 Å². The number of hydrogen-bond acceptors (Lipinski definition) is 7. The second-order valence-electron chi connectivity index (χ2n) is 5.04. The van der Waals surface area contributed by atoms with Gasteiger partial charge in [0.2, 0.25) is 0 Å². The lowest BCUT2D eigenvalue weighted by molar-refractivity contribution is -0.0549. The van der Waals surface area contributed by atoms with Gasteiger partial charge in [-0.3, -0.25) is 14.3 Å². The van der Waals surface area contributed by atoms with E-state index in [-0.39, 0.29) is 5.56 Å². The van der Waals surface area contributed by atoms with Crippen LogP contribution in [0, 0.1) is 0 Å². The SMILES string of the molecule is O=c1[nH]c(=O)n(C2O[C@H](CO)[C@@H](O)[C@@H]2O)cc1-c1ccc(Br)s1. The fourth-order valence-corrected chi connectivity index (χ4v) is 3.81. The van der Waals surface area contributed by atoms with E-state index in [2.05, 4.69) is 20.9 Å². The highest BCUT2D eigenvalue weighted by atomic mass is 79.9. The van der Waals surface area contributed by atoms with Crippen LogP contribution < -0.4 is 11.2 Å². The summed E-state index contributed by atoms with van der Waals surface area (Å²) in [7, 11) is 0. The molecule has 1 aliphatic heterocycles. The zero-order chi connectivity index (χ0) is 16.7. The predicted octanol–water partition coefficient (Wildman–Crippen LogP) is -0.361. The van der Waals surface area contributed by atoms with Gasteiger partial charge in [0.1, 0.15) is 18.3 Å². The molecular weight excluding hydrogens is 392 g/mol. The minimum Gasteiger partial charge on any atom is -0.394 e. The van der Waals surface area contributed by atoms with Crippen LogP contribution in [-0.2, 0) is 4.74 Å². The molecule has 0 amide bonds. The molecule has 4 N–H and O–H groups in total. The molecule has 2 aromatic rings. The monoisotopic (exact) mass is 404 g/mol. The van der Waals surface area contributed by atoms with Gasteiger partial charge in [-0.2, -0.15) is 0 Å². The Kier molecular flexibility index (Phi) is 4.54. The van der Waals surface area contributed by atoms with Gasteiger partial charge in [0, 0.05) is 11.1 Å². The lowest BCUT2D eigenvalue weighted by atomic mass is 10.1. The number of aliphatic hydroxyl groups is 3. The van der Waals surface area contributed by atoms with Crippen LogP contribution in [0.4, 0.5) is 0 Å². The maximum absolute atomic E-state index is 12.0. The van der Waals surface area contributed by atoms with Crippen molar-refractivity contribution in [3.05, 3.63) is 43.0 Å². The third-order valence-corrected chi connectivity index (χ3v) is 5.25. The summed E-state index contributed by atoms with van der Waals surface area (Å²) >= 11 is 4.61. The van der Waals surface area contributed by atoms with Crippen molar-refractivity contribution in [1.29, 1.82) is 0 Å². The number of H-pyrrole nitrogens is 1. The molecule has 1 saturated heterocycles. The molecule has 1 aliphatic rings. The number of thiophene rings is 1. The van der Waals surface area contributed by atoms with E-state index in [1.165, 1.54) is 17.5 Å². The Morgan fingerprint density at radius 1 is 1.30 bits per heavy atom. The average molecular weight is 405 g/mol. The summed E-state index contributed by atoms with van der Waals surface area (Å²) in [5.41, 5.74) is -1.10. The molecule has 124 valence electrons. The van der Waals surface area contributed by atoms with E-state index in [1.807, 2.05) is 0 Å². The zero-order valence-electron chi connectivity index (χ0n) is 11.5. The topological polar surface area (TPSA) is 125 Å². The molecule has 1 fully saturated rings. The van der Waals surface area contributed by atoms with E-state index in [0.29, 0.717) is 4.88 Å². The van der Waals surface area contributed by atoms with Gasteiger partial charge in [-0.05, 0) is 28.1 Å². The van der Waals surface area contributed by atoms with Gasteiger partial charge in [0.05, 0.1) is 16.0 Å². The van der Waals surface area contributed by atoms with Crippen LogP contribution in [-0.4, -0.2) is 49.8 Å². The van der Waals surface area contributed by atoms with Gasteiger partial charge >= 0.3 is 5.69 Å². The number of aromatic amines is 1. The Labute approximate surface area is 141 Å². The summed E-state index contributed by atoms with van der Waals surface area (Å²) in [4.78, 5) is 26.8. The van der Waals surface area contributed by atoms with Gasteiger partial charge in [0.25, 0.3) is 5.56 Å². The number of nitrogens with zero attached hydrogens (tertiary/aromatic N) is 1. The lowest BCUT2D eigenvalue weighted by Gasteiger charge is -2.17. The van der Waals surface area contributed by atoms with Crippen LogP contribution in [0.2, 0.25) is 0 Å². The molecule has 8 nitrogen and oxygen atoms in total. The number of ether oxygens (including phenoxy) is 1. The first kappa shape index (κ1) is 16.6. The van der Waals surface area contributed by atoms with Gasteiger partial charge in [-0.25, -0.2) is 4.79 Å². The van der Waals surface area contributed by atoms with Gasteiger partial charge in [-0.1, -0.05) is 0 Å². The third-order valence-electron chi connectivity index (χ3n) is 3.60. The smallest absolute Gasteiger partial charge is 0.330 e. The standard InChI is InChI=1S/C13H13BrN2O6S/c14-8-2-1-7(23-8)5-3-16(13(21)15-11(5)20)12-10(19)9(18)6(4-17)22-12/h1-3,6,9-10,12,17-19H,4H2,(H,15,20,21)/t6-,9-,10+,12?/m1/s1. The molecular formula is C13H13BrN2O6S. The van der Waals surface area contributed by atoms with E-state index in [9.17, 15) is 19.8 Å². The molecule has 0 aromatic carbocycles. The summed E-state index contributed by atoms with van der Waals surface area (Å²) in [5.74, 6) is 0. The van der Waals surface area contributed by atoms with E-state index in [1.54, 1.807) is 12.1 Å². The second kappa shape index (κ2) is 6.30. The van der Waals surface area contributed by atoms with E-state index < -0.39 is 42.4 Å². The van der Waals surface area contributed by atoms with Crippen molar-refractivity contribution >= 4 is 27.3 Å². The summed E-state index contributed by atoms with van der Waals surface area (Å²) < 4.78 is 7.15. The molecule has 2 aromatic heterocycles. The molecule has 4 atom stereocenters. The number of nitrogens with one attached hydrogen (secondary N) is 1. The fourth-order valence-electron chi connectivity index (χ4n) is 2.42. The molecule has 0 saturated carbocycles. The van der Waals surface area contributed by atoms with Crippen molar-refractivity contribution in [2.24, 2.45) is 0 Å². The summed E-state index contributed by atoms with van der Waals surface area (Å²) in [6.45, 7) is -0.502. The first-order valence-electron chi connectivity index (χ1n) is 6.66. The average Bonchev–Trinajstić information content (AvgIpc) is 3.05. The van der Waals surface area contributed by atoms with E-state index in [0.717, 1.165) is 8.35 Å². The quantitative estimate of drug-likeness (QED) is 0.553. The highest BCUT2D eigenvalue weighted by Gasteiger charge is 2.43. The normalized spacial score (nSPS) is 27.5. The number of halogens is 1. The van der Waals surface area contributed by atoms with Crippen LogP contribution in [0.1, 0.15) is 6.23 Å². The van der Waals surface area contributed by atoms with Crippen molar-refractivity contribution in [2.75, 3.05) is 6.61 Å². The van der Waals surface area contributed by atoms with Gasteiger partial charge in [-0.15, -0.1) is 11.3 Å². The Bertz CT molecular complexity index is 830. The van der Waals surface area contributed by atoms with Crippen molar-refractivity contribution in [3.8, 4) is 10.4 Å². The molecule has 23 heavy (non-hydrogen) atoms. The van der Waals surface area contributed by atoms with Crippen LogP contribution in [0.3, 0.4) is 0 Å². The van der Waals surface area contributed by atoms with Gasteiger partial charge < -0.3 is 20.1 Å². The summed E-state index contributed by atoms with van der Waals surface area (Å²) in [5, 5.41) is 28.9. The highest BCUT2D eigenvalue weighted by molar-refractivity contribution is 9.11. The summed E-state index contributed by atoms with van der Waals surface area (Å²) in [6.07, 6.45) is -3.66. The first-order chi connectivity index (χ1) is 10.9.